The summed E-state index contributed by atoms with van der Waals surface area (Å²) in [6.07, 6.45) is 0. The molecular formula is C38H26N2O. The first-order valence-electron chi connectivity index (χ1n) is 13.9. The minimum atomic E-state index is 0.876. The predicted molar refractivity (Wildman–Crippen MR) is 170 cm³/mol. The minimum absolute atomic E-state index is 0.876. The number of nitrogens with zero attached hydrogens (tertiary/aromatic N) is 2. The van der Waals surface area contributed by atoms with Crippen LogP contribution < -0.4 is 4.90 Å². The van der Waals surface area contributed by atoms with Crippen molar-refractivity contribution in [3.05, 3.63) is 158 Å². The maximum Gasteiger partial charge on any atom is 0.213 e. The van der Waals surface area contributed by atoms with E-state index in [0.29, 0.717) is 0 Å². The quantitative estimate of drug-likeness (QED) is 0.222. The van der Waals surface area contributed by atoms with Crippen LogP contribution in [0.15, 0.2) is 162 Å². The van der Waals surface area contributed by atoms with Gasteiger partial charge in [-0.05, 0) is 77.4 Å². The van der Waals surface area contributed by atoms with E-state index in [0.717, 1.165) is 50.5 Å². The molecule has 0 saturated carbocycles. The first-order chi connectivity index (χ1) is 20.3. The molecule has 0 spiro atoms. The zero-order chi connectivity index (χ0) is 27.2. The summed E-state index contributed by atoms with van der Waals surface area (Å²) in [6, 6.07) is 55.4. The fourth-order valence-corrected chi connectivity index (χ4v) is 5.90. The fourth-order valence-electron chi connectivity index (χ4n) is 5.90. The molecule has 0 fully saturated rings. The lowest BCUT2D eigenvalue weighted by Gasteiger charge is -2.25. The van der Waals surface area contributed by atoms with Gasteiger partial charge in [0.25, 0.3) is 0 Å². The summed E-state index contributed by atoms with van der Waals surface area (Å²) < 4.78 is 8.70. The number of fused-ring (bicyclic) bond motifs is 5. The summed E-state index contributed by atoms with van der Waals surface area (Å²) in [6.45, 7) is 0. The van der Waals surface area contributed by atoms with Gasteiger partial charge in [-0.15, -0.1) is 0 Å². The second kappa shape index (κ2) is 9.58. The number of benzene rings is 6. The van der Waals surface area contributed by atoms with E-state index in [1.165, 1.54) is 16.5 Å². The molecule has 2 aromatic heterocycles. The lowest BCUT2D eigenvalue weighted by molar-refractivity contribution is 0.658. The number of aromatic nitrogens is 1. The van der Waals surface area contributed by atoms with Crippen molar-refractivity contribution in [3.63, 3.8) is 0 Å². The third kappa shape index (κ3) is 3.90. The fraction of sp³-hybridized carbons (Fsp3) is 0. The number of oxazole rings is 1. The van der Waals surface area contributed by atoms with Crippen LogP contribution in [0.1, 0.15) is 0 Å². The highest BCUT2D eigenvalue weighted by Crippen LogP contribution is 2.41. The highest BCUT2D eigenvalue weighted by atomic mass is 16.3. The van der Waals surface area contributed by atoms with E-state index in [1.54, 1.807) is 0 Å². The number of hydrogen-bond donors (Lipinski definition) is 0. The van der Waals surface area contributed by atoms with E-state index < -0.39 is 0 Å². The SMILES string of the molecule is c1ccc(-c2c3cc(-c4ccc(N(c5ccccc5)c5ccccc5)cc4)ccc3n3c2oc2ccccc23)cc1. The van der Waals surface area contributed by atoms with Gasteiger partial charge in [0.2, 0.25) is 5.71 Å². The Bertz CT molecular complexity index is 2090. The molecule has 8 rings (SSSR count). The Labute approximate surface area is 238 Å². The van der Waals surface area contributed by atoms with Crippen LogP contribution in [0.3, 0.4) is 0 Å². The molecule has 8 aromatic rings. The Kier molecular flexibility index (Phi) is 5.46. The Morgan fingerprint density at radius 2 is 1.00 bits per heavy atom. The molecule has 0 saturated heterocycles. The maximum absolute atomic E-state index is 6.45. The van der Waals surface area contributed by atoms with Crippen molar-refractivity contribution in [2.45, 2.75) is 0 Å². The van der Waals surface area contributed by atoms with E-state index in [1.807, 2.05) is 12.1 Å². The average Bonchev–Trinajstić information content (AvgIpc) is 3.57. The van der Waals surface area contributed by atoms with E-state index in [-0.39, 0.29) is 0 Å². The molecule has 0 aliphatic rings. The van der Waals surface area contributed by atoms with Gasteiger partial charge in [0.15, 0.2) is 5.58 Å². The summed E-state index contributed by atoms with van der Waals surface area (Å²) in [7, 11) is 0. The van der Waals surface area contributed by atoms with Gasteiger partial charge in [-0.3, -0.25) is 4.40 Å². The Hall–Kier alpha value is -5.54. The number of rotatable bonds is 5. The highest BCUT2D eigenvalue weighted by molar-refractivity contribution is 6.08. The smallest absolute Gasteiger partial charge is 0.213 e. The van der Waals surface area contributed by atoms with Gasteiger partial charge in [0.1, 0.15) is 0 Å². The van der Waals surface area contributed by atoms with Gasteiger partial charge in [0.05, 0.1) is 16.6 Å². The minimum Gasteiger partial charge on any atom is -0.438 e. The van der Waals surface area contributed by atoms with Crippen LogP contribution >= 0.6 is 0 Å². The predicted octanol–water partition coefficient (Wildman–Crippen LogP) is 10.6. The van der Waals surface area contributed by atoms with Crippen molar-refractivity contribution < 1.29 is 4.42 Å². The standard InChI is InChI=1S/C38H26N2O/c1-4-12-28(13-5-1)37-33-26-29(22-25-34(33)40-35-18-10-11-19-36(35)41-38(37)40)27-20-23-32(24-21-27)39(30-14-6-2-7-15-30)31-16-8-3-9-17-31/h1-26H. The highest BCUT2D eigenvalue weighted by Gasteiger charge is 2.20. The monoisotopic (exact) mass is 526 g/mol. The second-order valence-corrected chi connectivity index (χ2v) is 10.2. The van der Waals surface area contributed by atoms with Crippen LogP contribution in [0.5, 0.6) is 0 Å². The molecule has 194 valence electrons. The summed E-state index contributed by atoms with van der Waals surface area (Å²) in [5.41, 5.74) is 12.0. The van der Waals surface area contributed by atoms with Gasteiger partial charge >= 0.3 is 0 Å². The van der Waals surface area contributed by atoms with Gasteiger partial charge in [-0.2, -0.15) is 0 Å². The van der Waals surface area contributed by atoms with Crippen LogP contribution in [-0.4, -0.2) is 4.40 Å². The van der Waals surface area contributed by atoms with E-state index in [2.05, 4.69) is 155 Å². The molecule has 0 aliphatic heterocycles. The van der Waals surface area contributed by atoms with Crippen molar-refractivity contribution in [2.75, 3.05) is 4.90 Å². The molecule has 0 aliphatic carbocycles. The van der Waals surface area contributed by atoms with Crippen molar-refractivity contribution >= 4 is 44.8 Å². The third-order valence-corrected chi connectivity index (χ3v) is 7.79. The Morgan fingerprint density at radius 3 is 1.68 bits per heavy atom. The lowest BCUT2D eigenvalue weighted by atomic mass is 9.99. The Balaban J connectivity index is 1.27. The lowest BCUT2D eigenvalue weighted by Crippen LogP contribution is -2.09. The van der Waals surface area contributed by atoms with E-state index in [9.17, 15) is 0 Å². The van der Waals surface area contributed by atoms with Gasteiger partial charge in [-0.25, -0.2) is 0 Å². The van der Waals surface area contributed by atoms with Crippen LogP contribution in [0, 0.1) is 0 Å². The summed E-state index contributed by atoms with van der Waals surface area (Å²) in [5.74, 6) is 0. The Morgan fingerprint density at radius 1 is 0.439 bits per heavy atom. The molecule has 41 heavy (non-hydrogen) atoms. The van der Waals surface area contributed by atoms with Gasteiger partial charge < -0.3 is 9.32 Å². The first kappa shape index (κ1) is 23.4. The van der Waals surface area contributed by atoms with Crippen LogP contribution in [0.4, 0.5) is 17.1 Å². The second-order valence-electron chi connectivity index (χ2n) is 10.2. The topological polar surface area (TPSA) is 20.8 Å². The maximum atomic E-state index is 6.45. The van der Waals surface area contributed by atoms with E-state index in [4.69, 9.17) is 4.42 Å². The van der Waals surface area contributed by atoms with Crippen molar-refractivity contribution in [3.8, 4) is 22.3 Å². The van der Waals surface area contributed by atoms with Crippen LogP contribution in [0.2, 0.25) is 0 Å². The number of anilines is 3. The van der Waals surface area contributed by atoms with Gasteiger partial charge in [-0.1, -0.05) is 97.1 Å². The van der Waals surface area contributed by atoms with Gasteiger partial charge in [0, 0.05) is 22.4 Å². The molecule has 3 nitrogen and oxygen atoms in total. The zero-order valence-electron chi connectivity index (χ0n) is 22.3. The molecule has 6 aromatic carbocycles. The summed E-state index contributed by atoms with van der Waals surface area (Å²) in [4.78, 5) is 2.29. The van der Waals surface area contributed by atoms with Crippen LogP contribution in [0.25, 0.3) is 50.0 Å². The normalized spacial score (nSPS) is 11.4. The molecule has 0 bridgehead atoms. The molecular weight excluding hydrogens is 500 g/mol. The molecule has 0 atom stereocenters. The van der Waals surface area contributed by atoms with E-state index >= 15 is 0 Å². The molecule has 0 amide bonds. The number of hydrogen-bond acceptors (Lipinski definition) is 2. The molecule has 2 heterocycles. The molecule has 0 radical (unpaired) electrons. The third-order valence-electron chi connectivity index (χ3n) is 7.79. The number of para-hydroxylation sites is 4. The molecule has 0 unspecified atom stereocenters. The first-order valence-corrected chi connectivity index (χ1v) is 13.9. The van der Waals surface area contributed by atoms with Crippen molar-refractivity contribution in [1.29, 1.82) is 0 Å². The average molecular weight is 527 g/mol. The summed E-state index contributed by atoms with van der Waals surface area (Å²) >= 11 is 0. The zero-order valence-corrected chi connectivity index (χ0v) is 22.3. The largest absolute Gasteiger partial charge is 0.438 e. The van der Waals surface area contributed by atoms with Crippen molar-refractivity contribution in [1.82, 2.24) is 4.40 Å². The van der Waals surface area contributed by atoms with Crippen molar-refractivity contribution in [2.24, 2.45) is 0 Å². The molecule has 0 N–H and O–H groups in total. The summed E-state index contributed by atoms with van der Waals surface area (Å²) in [5, 5.41) is 1.18. The van der Waals surface area contributed by atoms with Crippen LogP contribution in [-0.2, 0) is 0 Å². The molecule has 3 heteroatoms.